The van der Waals surface area contributed by atoms with Crippen LogP contribution in [-0.2, 0) is 12.7 Å². The van der Waals surface area contributed by atoms with E-state index in [0.717, 1.165) is 48.1 Å². The molecule has 1 aliphatic rings. The number of hydrogen-bond donors (Lipinski definition) is 1. The third-order valence-corrected chi connectivity index (χ3v) is 7.55. The molecule has 4 rings (SSSR count). The third-order valence-electron chi connectivity index (χ3n) is 7.55. The van der Waals surface area contributed by atoms with Crippen molar-refractivity contribution < 1.29 is 34.9 Å². The van der Waals surface area contributed by atoms with Crippen LogP contribution in [0.2, 0.25) is 0 Å². The van der Waals surface area contributed by atoms with Gasteiger partial charge in [-0.1, -0.05) is 24.3 Å². The van der Waals surface area contributed by atoms with Crippen molar-refractivity contribution >= 4 is 5.91 Å². The Morgan fingerprint density at radius 3 is 2.38 bits per heavy atom. The highest BCUT2D eigenvalue weighted by Crippen LogP contribution is 2.32. The van der Waals surface area contributed by atoms with Gasteiger partial charge in [0.1, 0.15) is 5.56 Å². The zero-order valence-electron chi connectivity index (χ0n) is 22.7. The second kappa shape index (κ2) is 12.3. The lowest BCUT2D eigenvalue weighted by molar-refractivity contribution is -0.896. The van der Waals surface area contributed by atoms with Crippen LogP contribution >= 0.6 is 0 Å². The van der Waals surface area contributed by atoms with Gasteiger partial charge in [0.25, 0.3) is 5.91 Å². The number of halogens is 4. The molecule has 1 amide bonds. The lowest BCUT2D eigenvalue weighted by atomic mass is 9.95. The Morgan fingerprint density at radius 1 is 1.12 bits per heavy atom. The first-order valence-corrected chi connectivity index (χ1v) is 12.9. The summed E-state index contributed by atoms with van der Waals surface area (Å²) in [5, 5.41) is 12.0. The molecule has 0 spiro atoms. The SMILES string of the molecule is Cc1c(-c2cccc(C(F)(F)F)c2)c(=O)c(C(=O)NCC2CC[N+](C)(C)CC2)cn1Cc1ccc(C#N)cc1.[Cl-]. The Hall–Kier alpha value is -3.61. The second-order valence-electron chi connectivity index (χ2n) is 10.9. The normalized spacial score (nSPS) is 15.1. The number of aromatic nitrogens is 1. The number of quaternary nitrogens is 1. The van der Waals surface area contributed by atoms with E-state index in [4.69, 9.17) is 5.26 Å². The Labute approximate surface area is 238 Å². The number of likely N-dealkylation sites (tertiary alicyclic amines) is 1. The van der Waals surface area contributed by atoms with Gasteiger partial charge in [0.05, 0.1) is 44.4 Å². The fourth-order valence-electron chi connectivity index (χ4n) is 5.01. The standard InChI is InChI=1S/C30H31F3N4O2.ClH/c1-20-27(24-5-4-6-25(15-24)30(31,32)33)28(38)26(19-36(20)18-23-9-7-21(16-34)8-10-23)29(39)35-17-22-11-13-37(2,3)14-12-22;/h4-10,15,19,22H,11-14,17-18H2,1-3H3;1H. The highest BCUT2D eigenvalue weighted by Gasteiger charge is 2.31. The van der Waals surface area contributed by atoms with Crippen LogP contribution < -0.4 is 23.2 Å². The molecule has 1 saturated heterocycles. The molecule has 10 heteroatoms. The van der Waals surface area contributed by atoms with Crippen molar-refractivity contribution in [2.75, 3.05) is 33.7 Å². The molecular weight excluding hydrogens is 541 g/mol. The van der Waals surface area contributed by atoms with Crippen LogP contribution in [0.1, 0.15) is 45.6 Å². The van der Waals surface area contributed by atoms with Crippen LogP contribution in [0.25, 0.3) is 11.1 Å². The molecule has 0 unspecified atom stereocenters. The number of amides is 1. The van der Waals surface area contributed by atoms with Gasteiger partial charge in [0, 0.05) is 43.4 Å². The summed E-state index contributed by atoms with van der Waals surface area (Å²) in [6, 6.07) is 13.5. The van der Waals surface area contributed by atoms with E-state index in [2.05, 4.69) is 25.5 Å². The van der Waals surface area contributed by atoms with Crippen LogP contribution in [0.15, 0.2) is 59.5 Å². The first-order chi connectivity index (χ1) is 18.4. The number of nitrogens with one attached hydrogen (secondary N) is 1. The molecule has 2 aromatic carbocycles. The number of nitrogens with zero attached hydrogens (tertiary/aromatic N) is 3. The molecule has 212 valence electrons. The van der Waals surface area contributed by atoms with Gasteiger partial charge >= 0.3 is 6.18 Å². The van der Waals surface area contributed by atoms with Gasteiger partial charge in [0.2, 0.25) is 5.43 Å². The Balaban J connectivity index is 0.00000441. The predicted molar refractivity (Wildman–Crippen MR) is 143 cm³/mol. The molecule has 1 N–H and O–H groups in total. The first-order valence-electron chi connectivity index (χ1n) is 12.9. The summed E-state index contributed by atoms with van der Waals surface area (Å²) in [7, 11) is 4.35. The number of carbonyl (C=O) groups is 1. The van der Waals surface area contributed by atoms with Crippen molar-refractivity contribution in [2.45, 2.75) is 32.5 Å². The van der Waals surface area contributed by atoms with Crippen LogP contribution in [0.4, 0.5) is 13.2 Å². The number of benzene rings is 2. The van der Waals surface area contributed by atoms with Gasteiger partial charge < -0.3 is 26.8 Å². The molecule has 1 aromatic heterocycles. The molecule has 6 nitrogen and oxygen atoms in total. The fraction of sp³-hybridized carbons (Fsp3) is 0.367. The molecule has 0 bridgehead atoms. The van der Waals surface area contributed by atoms with Gasteiger partial charge in [-0.2, -0.15) is 18.4 Å². The average Bonchev–Trinajstić information content (AvgIpc) is 2.89. The van der Waals surface area contributed by atoms with Crippen molar-refractivity contribution in [3.8, 4) is 17.2 Å². The van der Waals surface area contributed by atoms with Gasteiger partial charge in [-0.3, -0.25) is 9.59 Å². The van der Waals surface area contributed by atoms with E-state index in [0.29, 0.717) is 23.7 Å². The van der Waals surface area contributed by atoms with Crippen molar-refractivity contribution in [1.82, 2.24) is 9.88 Å². The van der Waals surface area contributed by atoms with Crippen molar-refractivity contribution in [3.05, 3.63) is 92.9 Å². The summed E-state index contributed by atoms with van der Waals surface area (Å²) in [6.07, 6.45) is -1.18. The van der Waals surface area contributed by atoms with Crippen molar-refractivity contribution in [3.63, 3.8) is 0 Å². The van der Waals surface area contributed by atoms with Gasteiger partial charge in [0.15, 0.2) is 0 Å². The van der Waals surface area contributed by atoms with Crippen molar-refractivity contribution in [1.29, 1.82) is 5.26 Å². The number of pyridine rings is 1. The number of nitriles is 1. The van der Waals surface area contributed by atoms with Crippen LogP contribution in [0.5, 0.6) is 0 Å². The third kappa shape index (κ3) is 7.12. The van der Waals surface area contributed by atoms with Gasteiger partial charge in [-0.15, -0.1) is 0 Å². The number of hydrogen-bond acceptors (Lipinski definition) is 3. The molecule has 1 aliphatic heterocycles. The maximum absolute atomic E-state index is 13.6. The zero-order chi connectivity index (χ0) is 28.4. The minimum absolute atomic E-state index is 0. The maximum atomic E-state index is 13.6. The summed E-state index contributed by atoms with van der Waals surface area (Å²) in [4.78, 5) is 26.9. The Bertz CT molecular complexity index is 1460. The highest BCUT2D eigenvalue weighted by atomic mass is 35.5. The number of carbonyl (C=O) groups excluding carboxylic acids is 1. The monoisotopic (exact) mass is 572 g/mol. The van der Waals surface area contributed by atoms with Crippen LogP contribution in [0, 0.1) is 24.2 Å². The number of piperidine rings is 1. The predicted octanol–water partition coefficient (Wildman–Crippen LogP) is 1.98. The molecule has 0 saturated carbocycles. The van der Waals surface area contributed by atoms with E-state index in [1.54, 1.807) is 35.8 Å². The van der Waals surface area contributed by atoms with E-state index in [9.17, 15) is 22.8 Å². The molecular formula is C30H32ClF3N4O2. The van der Waals surface area contributed by atoms with Crippen LogP contribution in [-0.4, -0.2) is 48.7 Å². The summed E-state index contributed by atoms with van der Waals surface area (Å²) in [5.74, 6) is -0.240. The molecule has 0 radical (unpaired) electrons. The summed E-state index contributed by atoms with van der Waals surface area (Å²) < 4.78 is 43.1. The molecule has 2 heterocycles. The number of alkyl halides is 3. The topological polar surface area (TPSA) is 74.9 Å². The largest absolute Gasteiger partial charge is 1.00 e. The van der Waals surface area contributed by atoms with Gasteiger partial charge in [-0.05, 0) is 48.2 Å². The van der Waals surface area contributed by atoms with Crippen molar-refractivity contribution in [2.24, 2.45) is 5.92 Å². The summed E-state index contributed by atoms with van der Waals surface area (Å²) >= 11 is 0. The average molecular weight is 573 g/mol. The second-order valence-corrected chi connectivity index (χ2v) is 10.9. The zero-order valence-corrected chi connectivity index (χ0v) is 23.4. The minimum atomic E-state index is -4.58. The van der Waals surface area contributed by atoms with E-state index in [1.807, 2.05) is 0 Å². The minimum Gasteiger partial charge on any atom is -1.00 e. The molecule has 40 heavy (non-hydrogen) atoms. The summed E-state index contributed by atoms with van der Waals surface area (Å²) in [5.41, 5.74) is 0.297. The van der Waals surface area contributed by atoms with E-state index in [1.165, 1.54) is 18.3 Å². The Morgan fingerprint density at radius 2 is 1.77 bits per heavy atom. The quantitative estimate of drug-likeness (QED) is 0.459. The smallest absolute Gasteiger partial charge is 0.416 e. The highest BCUT2D eigenvalue weighted by molar-refractivity contribution is 5.95. The lowest BCUT2D eigenvalue weighted by Gasteiger charge is -2.37. The summed E-state index contributed by atoms with van der Waals surface area (Å²) in [6.45, 7) is 4.36. The Kier molecular flexibility index (Phi) is 9.49. The van der Waals surface area contributed by atoms with E-state index >= 15 is 0 Å². The first kappa shape index (κ1) is 30.9. The maximum Gasteiger partial charge on any atom is 0.416 e. The fourth-order valence-corrected chi connectivity index (χ4v) is 5.01. The lowest BCUT2D eigenvalue weighted by Crippen LogP contribution is -3.00. The van der Waals surface area contributed by atoms with Gasteiger partial charge in [-0.25, -0.2) is 0 Å². The molecule has 1 fully saturated rings. The molecule has 3 aromatic rings. The molecule has 0 aliphatic carbocycles. The van der Waals surface area contributed by atoms with E-state index < -0.39 is 23.1 Å². The molecule has 0 atom stereocenters. The number of rotatable bonds is 6. The van der Waals surface area contributed by atoms with E-state index in [-0.39, 0.29) is 35.6 Å². The van der Waals surface area contributed by atoms with Crippen LogP contribution in [0.3, 0.4) is 0 Å².